The van der Waals surface area contributed by atoms with E-state index in [1.54, 1.807) is 0 Å². The van der Waals surface area contributed by atoms with Crippen LogP contribution in [0.5, 0.6) is 0 Å². The number of methoxy groups -OCH3 is 1. The Hall–Kier alpha value is -2.72. The molecule has 0 N–H and O–H groups in total. The molecule has 1 atom stereocenters. The van der Waals surface area contributed by atoms with E-state index in [9.17, 15) is 9.36 Å². The van der Waals surface area contributed by atoms with Crippen molar-refractivity contribution in [2.45, 2.75) is 25.3 Å². The summed E-state index contributed by atoms with van der Waals surface area (Å²) in [5.74, 6) is -0.622. The molecule has 0 aliphatic rings. The molecule has 0 heterocycles. The fourth-order valence-corrected chi connectivity index (χ4v) is 4.88. The van der Waals surface area contributed by atoms with E-state index in [2.05, 4.69) is 0 Å². The van der Waals surface area contributed by atoms with Crippen LogP contribution < -0.4 is 0 Å². The van der Waals surface area contributed by atoms with Gasteiger partial charge in [0.25, 0.3) is 0 Å². The van der Waals surface area contributed by atoms with Gasteiger partial charge in [0.1, 0.15) is 0 Å². The molecule has 3 aromatic carbocycles. The third-order valence-electron chi connectivity index (χ3n) is 4.63. The number of ether oxygens (including phenoxy) is 1. The first-order chi connectivity index (χ1) is 14.6. The molecular formula is C24H25O5P. The van der Waals surface area contributed by atoms with Crippen LogP contribution in [0.15, 0.2) is 91.0 Å². The second kappa shape index (κ2) is 10.9. The summed E-state index contributed by atoms with van der Waals surface area (Å²) in [5, 5.41) is 0. The highest BCUT2D eigenvalue weighted by molar-refractivity contribution is 7.55. The molecule has 0 unspecified atom stereocenters. The molecule has 0 aromatic heterocycles. The zero-order valence-electron chi connectivity index (χ0n) is 16.8. The lowest BCUT2D eigenvalue weighted by Gasteiger charge is -2.25. The molecule has 0 amide bonds. The molecule has 0 saturated heterocycles. The van der Waals surface area contributed by atoms with Gasteiger partial charge in [-0.1, -0.05) is 91.0 Å². The van der Waals surface area contributed by atoms with Gasteiger partial charge in [-0.05, 0) is 23.1 Å². The summed E-state index contributed by atoms with van der Waals surface area (Å²) in [5.41, 5.74) is 1.45. The highest BCUT2D eigenvalue weighted by atomic mass is 31.2. The SMILES string of the molecule is COC(=O)[C@H](Cc1ccccc1)P(=O)(OCc1ccccc1)OCc1ccccc1. The van der Waals surface area contributed by atoms with E-state index < -0.39 is 19.2 Å². The van der Waals surface area contributed by atoms with Crippen LogP contribution in [0.1, 0.15) is 16.7 Å². The molecule has 3 rings (SSSR count). The van der Waals surface area contributed by atoms with Crippen molar-refractivity contribution in [2.24, 2.45) is 0 Å². The van der Waals surface area contributed by atoms with Gasteiger partial charge in [-0.2, -0.15) is 0 Å². The van der Waals surface area contributed by atoms with Gasteiger partial charge in [0.15, 0.2) is 5.66 Å². The maximum Gasteiger partial charge on any atom is 0.345 e. The van der Waals surface area contributed by atoms with E-state index in [1.165, 1.54) is 7.11 Å². The Kier molecular flexibility index (Phi) is 7.97. The lowest BCUT2D eigenvalue weighted by Crippen LogP contribution is -2.27. The van der Waals surface area contributed by atoms with E-state index in [0.29, 0.717) is 0 Å². The number of esters is 1. The van der Waals surface area contributed by atoms with Crippen LogP contribution in [-0.2, 0) is 42.8 Å². The highest BCUT2D eigenvalue weighted by Gasteiger charge is 2.42. The predicted molar refractivity (Wildman–Crippen MR) is 116 cm³/mol. The Labute approximate surface area is 177 Å². The summed E-state index contributed by atoms with van der Waals surface area (Å²) in [4.78, 5) is 12.6. The van der Waals surface area contributed by atoms with E-state index in [-0.39, 0.29) is 19.6 Å². The van der Waals surface area contributed by atoms with Crippen LogP contribution in [0.3, 0.4) is 0 Å². The van der Waals surface area contributed by atoms with Crippen molar-refractivity contribution in [1.29, 1.82) is 0 Å². The van der Waals surface area contributed by atoms with Crippen LogP contribution in [0.25, 0.3) is 0 Å². The number of hydrogen-bond donors (Lipinski definition) is 0. The fraction of sp³-hybridized carbons (Fsp3) is 0.208. The van der Waals surface area contributed by atoms with Gasteiger partial charge in [0.2, 0.25) is 0 Å². The van der Waals surface area contributed by atoms with Crippen molar-refractivity contribution >= 4 is 13.6 Å². The van der Waals surface area contributed by atoms with E-state index >= 15 is 0 Å². The molecule has 0 aliphatic heterocycles. The Balaban J connectivity index is 1.86. The van der Waals surface area contributed by atoms with Gasteiger partial charge in [-0.3, -0.25) is 9.36 Å². The monoisotopic (exact) mass is 424 g/mol. The van der Waals surface area contributed by atoms with Gasteiger partial charge in [0.05, 0.1) is 20.3 Å². The van der Waals surface area contributed by atoms with Gasteiger partial charge in [-0.25, -0.2) is 0 Å². The summed E-state index contributed by atoms with van der Waals surface area (Å²) in [6, 6.07) is 28.1. The largest absolute Gasteiger partial charge is 0.468 e. The summed E-state index contributed by atoms with van der Waals surface area (Å²) >= 11 is 0. The van der Waals surface area contributed by atoms with Crippen molar-refractivity contribution in [1.82, 2.24) is 0 Å². The molecule has 0 radical (unpaired) electrons. The molecule has 30 heavy (non-hydrogen) atoms. The molecule has 156 valence electrons. The van der Waals surface area contributed by atoms with Crippen LogP contribution >= 0.6 is 7.60 Å². The molecule has 0 fully saturated rings. The van der Waals surface area contributed by atoms with Crippen molar-refractivity contribution < 1.29 is 23.1 Å². The number of carbonyl (C=O) groups excluding carboxylic acids is 1. The smallest absolute Gasteiger partial charge is 0.345 e. The quantitative estimate of drug-likeness (QED) is 0.322. The molecule has 0 bridgehead atoms. The zero-order valence-corrected chi connectivity index (χ0v) is 17.7. The molecule has 0 aliphatic carbocycles. The third kappa shape index (κ3) is 6.14. The molecule has 0 saturated carbocycles. The van der Waals surface area contributed by atoms with Gasteiger partial charge in [-0.15, -0.1) is 0 Å². The van der Waals surface area contributed by atoms with Gasteiger partial charge < -0.3 is 13.8 Å². The number of benzene rings is 3. The van der Waals surface area contributed by atoms with Crippen LogP contribution in [0.4, 0.5) is 0 Å². The van der Waals surface area contributed by atoms with Crippen molar-refractivity contribution in [3.05, 3.63) is 108 Å². The molecule has 5 nitrogen and oxygen atoms in total. The average molecular weight is 424 g/mol. The fourth-order valence-electron chi connectivity index (χ4n) is 2.99. The molecule has 0 spiro atoms. The number of rotatable bonds is 10. The standard InChI is InChI=1S/C24H25O5P/c1-27-24(25)23(17-20-11-5-2-6-12-20)30(26,28-18-21-13-7-3-8-14-21)29-19-22-15-9-4-10-16-22/h2-16,23H,17-19H2,1H3/t23-/m0/s1. The topological polar surface area (TPSA) is 61.8 Å². The maximum atomic E-state index is 13.9. The highest BCUT2D eigenvalue weighted by Crippen LogP contribution is 2.55. The summed E-state index contributed by atoms with van der Waals surface area (Å²) in [7, 11) is -2.60. The Bertz CT molecular complexity index is 913. The second-order valence-corrected chi connectivity index (χ2v) is 9.01. The minimum absolute atomic E-state index is 0.0647. The lowest BCUT2D eigenvalue weighted by atomic mass is 10.1. The first-order valence-corrected chi connectivity index (χ1v) is 11.3. The Morgan fingerprint density at radius 1 is 0.733 bits per heavy atom. The average Bonchev–Trinajstić information content (AvgIpc) is 2.81. The second-order valence-electron chi connectivity index (χ2n) is 6.79. The maximum absolute atomic E-state index is 13.9. The van der Waals surface area contributed by atoms with Gasteiger partial charge in [0, 0.05) is 0 Å². The molecule has 6 heteroatoms. The van der Waals surface area contributed by atoms with E-state index in [1.807, 2.05) is 91.0 Å². The van der Waals surface area contributed by atoms with E-state index in [4.69, 9.17) is 13.8 Å². The number of carbonyl (C=O) groups is 1. The first kappa shape index (κ1) is 22.0. The minimum atomic E-state index is -3.87. The van der Waals surface area contributed by atoms with Gasteiger partial charge >= 0.3 is 13.6 Å². The molecule has 3 aromatic rings. The normalized spacial score (nSPS) is 12.3. The lowest BCUT2D eigenvalue weighted by molar-refractivity contribution is -0.140. The van der Waals surface area contributed by atoms with Crippen molar-refractivity contribution in [3.63, 3.8) is 0 Å². The molecular weight excluding hydrogens is 399 g/mol. The minimum Gasteiger partial charge on any atom is -0.468 e. The van der Waals surface area contributed by atoms with Crippen molar-refractivity contribution in [2.75, 3.05) is 7.11 Å². The first-order valence-electron chi connectivity index (χ1n) is 9.69. The van der Waals surface area contributed by atoms with E-state index in [0.717, 1.165) is 16.7 Å². The van der Waals surface area contributed by atoms with Crippen LogP contribution in [0.2, 0.25) is 0 Å². The Morgan fingerprint density at radius 3 is 1.53 bits per heavy atom. The van der Waals surface area contributed by atoms with Crippen molar-refractivity contribution in [3.8, 4) is 0 Å². The third-order valence-corrected chi connectivity index (χ3v) is 6.77. The summed E-state index contributed by atoms with van der Waals surface area (Å²) in [6.07, 6.45) is 0.189. The number of hydrogen-bond acceptors (Lipinski definition) is 5. The summed E-state index contributed by atoms with van der Waals surface area (Å²) in [6.45, 7) is 0.129. The summed E-state index contributed by atoms with van der Waals surface area (Å²) < 4.78 is 30.5. The zero-order chi connectivity index (χ0) is 21.2. The Morgan fingerprint density at radius 2 is 1.13 bits per heavy atom. The predicted octanol–water partition coefficient (Wildman–Crippen LogP) is 5.40. The van der Waals surface area contributed by atoms with Crippen LogP contribution in [0, 0.1) is 0 Å². The van der Waals surface area contributed by atoms with Crippen LogP contribution in [-0.4, -0.2) is 18.7 Å².